The van der Waals surface area contributed by atoms with Crippen LogP contribution in [0.2, 0.25) is 0 Å². The number of halogens is 1. The SMILES string of the molecule is O=CN1CCC(c2nnc(-c3ccc(F)cc3)o2)CC1. The van der Waals surface area contributed by atoms with Gasteiger partial charge in [0.15, 0.2) is 0 Å². The molecule has 0 N–H and O–H groups in total. The highest BCUT2D eigenvalue weighted by Crippen LogP contribution is 2.28. The normalized spacial score (nSPS) is 16.4. The van der Waals surface area contributed by atoms with Crippen LogP contribution < -0.4 is 0 Å². The number of carbonyl (C=O) groups is 1. The van der Waals surface area contributed by atoms with Gasteiger partial charge in [0.2, 0.25) is 18.2 Å². The average molecular weight is 275 g/mol. The van der Waals surface area contributed by atoms with Crippen molar-refractivity contribution in [2.24, 2.45) is 0 Å². The molecule has 0 bridgehead atoms. The van der Waals surface area contributed by atoms with E-state index in [4.69, 9.17) is 4.42 Å². The fourth-order valence-corrected chi connectivity index (χ4v) is 2.36. The maximum absolute atomic E-state index is 12.9. The van der Waals surface area contributed by atoms with E-state index >= 15 is 0 Å². The van der Waals surface area contributed by atoms with E-state index in [0.29, 0.717) is 30.4 Å². The molecule has 1 aliphatic heterocycles. The van der Waals surface area contributed by atoms with Gasteiger partial charge >= 0.3 is 0 Å². The van der Waals surface area contributed by atoms with Crippen LogP contribution in [0.3, 0.4) is 0 Å². The number of likely N-dealkylation sites (tertiary alicyclic amines) is 1. The van der Waals surface area contributed by atoms with Gasteiger partial charge in [-0.25, -0.2) is 4.39 Å². The molecule has 0 atom stereocenters. The predicted molar refractivity (Wildman–Crippen MR) is 69.3 cm³/mol. The third-order valence-electron chi connectivity index (χ3n) is 3.56. The van der Waals surface area contributed by atoms with Crippen molar-refractivity contribution in [1.29, 1.82) is 0 Å². The second-order valence-corrected chi connectivity index (χ2v) is 4.87. The Balaban J connectivity index is 1.74. The molecule has 1 saturated heterocycles. The first kappa shape index (κ1) is 12.8. The van der Waals surface area contributed by atoms with Crippen LogP contribution in [-0.2, 0) is 4.79 Å². The molecule has 104 valence electrons. The summed E-state index contributed by atoms with van der Waals surface area (Å²) in [6.45, 7) is 1.42. The summed E-state index contributed by atoms with van der Waals surface area (Å²) in [5.74, 6) is 0.885. The highest BCUT2D eigenvalue weighted by atomic mass is 19.1. The van der Waals surface area contributed by atoms with Crippen LogP contribution in [0.4, 0.5) is 4.39 Å². The van der Waals surface area contributed by atoms with E-state index in [9.17, 15) is 9.18 Å². The van der Waals surface area contributed by atoms with E-state index in [1.807, 2.05) is 0 Å². The van der Waals surface area contributed by atoms with Crippen LogP contribution in [0.15, 0.2) is 28.7 Å². The van der Waals surface area contributed by atoms with Gasteiger partial charge in [-0.1, -0.05) is 0 Å². The molecule has 1 fully saturated rings. The Bertz CT molecular complexity index is 589. The van der Waals surface area contributed by atoms with E-state index in [1.165, 1.54) is 12.1 Å². The first-order valence-electron chi connectivity index (χ1n) is 6.55. The molecular formula is C14H14FN3O2. The van der Waals surface area contributed by atoms with Crippen molar-refractivity contribution in [3.05, 3.63) is 36.0 Å². The molecule has 0 unspecified atom stereocenters. The second kappa shape index (κ2) is 5.40. The van der Waals surface area contributed by atoms with Gasteiger partial charge in [0.25, 0.3) is 0 Å². The Morgan fingerprint density at radius 2 is 1.90 bits per heavy atom. The highest BCUT2D eigenvalue weighted by molar-refractivity contribution is 5.52. The van der Waals surface area contributed by atoms with Gasteiger partial charge in [-0.15, -0.1) is 10.2 Å². The van der Waals surface area contributed by atoms with Crippen molar-refractivity contribution in [1.82, 2.24) is 15.1 Å². The van der Waals surface area contributed by atoms with Crippen molar-refractivity contribution >= 4 is 6.41 Å². The first-order valence-corrected chi connectivity index (χ1v) is 6.55. The number of benzene rings is 1. The Kier molecular flexibility index (Phi) is 3.45. The topological polar surface area (TPSA) is 59.2 Å². The first-order chi connectivity index (χ1) is 9.76. The van der Waals surface area contributed by atoms with Gasteiger partial charge in [-0.2, -0.15) is 0 Å². The largest absolute Gasteiger partial charge is 0.420 e. The van der Waals surface area contributed by atoms with Gasteiger partial charge in [-0.05, 0) is 37.1 Å². The minimum atomic E-state index is -0.297. The number of amides is 1. The fraction of sp³-hybridized carbons (Fsp3) is 0.357. The van der Waals surface area contributed by atoms with Gasteiger partial charge < -0.3 is 9.32 Å². The van der Waals surface area contributed by atoms with Crippen LogP contribution in [0.25, 0.3) is 11.5 Å². The molecule has 2 heterocycles. The van der Waals surface area contributed by atoms with Crippen LogP contribution in [-0.4, -0.2) is 34.6 Å². The summed E-state index contributed by atoms with van der Waals surface area (Å²) in [5.41, 5.74) is 0.704. The van der Waals surface area contributed by atoms with Gasteiger partial charge in [-0.3, -0.25) is 4.79 Å². The maximum Gasteiger partial charge on any atom is 0.247 e. The summed E-state index contributed by atoms with van der Waals surface area (Å²) < 4.78 is 18.5. The molecule has 1 aromatic carbocycles. The predicted octanol–water partition coefficient (Wildman–Crippen LogP) is 2.21. The van der Waals surface area contributed by atoms with Crippen molar-refractivity contribution < 1.29 is 13.6 Å². The number of aromatic nitrogens is 2. The minimum Gasteiger partial charge on any atom is -0.420 e. The quantitative estimate of drug-likeness (QED) is 0.806. The molecular weight excluding hydrogens is 261 g/mol. The van der Waals surface area contributed by atoms with Crippen LogP contribution in [0.5, 0.6) is 0 Å². The lowest BCUT2D eigenvalue weighted by Crippen LogP contribution is -2.31. The zero-order valence-corrected chi connectivity index (χ0v) is 10.8. The molecule has 20 heavy (non-hydrogen) atoms. The molecule has 1 aliphatic rings. The summed E-state index contributed by atoms with van der Waals surface area (Å²) >= 11 is 0. The molecule has 2 aromatic rings. The van der Waals surface area contributed by atoms with E-state index in [2.05, 4.69) is 10.2 Å². The van der Waals surface area contributed by atoms with Crippen molar-refractivity contribution in [2.75, 3.05) is 13.1 Å². The van der Waals surface area contributed by atoms with Crippen LogP contribution >= 0.6 is 0 Å². The standard InChI is InChI=1S/C14H14FN3O2/c15-12-3-1-10(2-4-12)13-16-17-14(20-13)11-5-7-18(9-19)8-6-11/h1-4,9,11H,5-8H2. The summed E-state index contributed by atoms with van der Waals surface area (Å²) in [5, 5.41) is 8.08. The number of hydrogen-bond acceptors (Lipinski definition) is 4. The smallest absolute Gasteiger partial charge is 0.247 e. The third-order valence-corrected chi connectivity index (χ3v) is 3.56. The van der Waals surface area contributed by atoms with Crippen LogP contribution in [0.1, 0.15) is 24.7 Å². The summed E-state index contributed by atoms with van der Waals surface area (Å²) in [4.78, 5) is 12.4. The van der Waals surface area contributed by atoms with E-state index < -0.39 is 0 Å². The lowest BCUT2D eigenvalue weighted by Gasteiger charge is -2.26. The summed E-state index contributed by atoms with van der Waals surface area (Å²) in [6.07, 6.45) is 2.52. The molecule has 6 heteroatoms. The van der Waals surface area contributed by atoms with E-state index in [1.54, 1.807) is 17.0 Å². The molecule has 3 rings (SSSR count). The second-order valence-electron chi connectivity index (χ2n) is 4.87. The number of rotatable bonds is 3. The Hall–Kier alpha value is -2.24. The number of hydrogen-bond donors (Lipinski definition) is 0. The summed E-state index contributed by atoms with van der Waals surface area (Å²) in [7, 11) is 0. The van der Waals surface area contributed by atoms with E-state index in [0.717, 1.165) is 19.3 Å². The fourth-order valence-electron chi connectivity index (χ4n) is 2.36. The lowest BCUT2D eigenvalue weighted by atomic mass is 9.97. The molecule has 0 saturated carbocycles. The lowest BCUT2D eigenvalue weighted by molar-refractivity contribution is -0.119. The summed E-state index contributed by atoms with van der Waals surface area (Å²) in [6, 6.07) is 5.95. The molecule has 1 amide bonds. The highest BCUT2D eigenvalue weighted by Gasteiger charge is 2.24. The Labute approximate surface area is 115 Å². The number of carbonyl (C=O) groups excluding carboxylic acids is 1. The number of nitrogens with zero attached hydrogens (tertiary/aromatic N) is 3. The van der Waals surface area contributed by atoms with Crippen molar-refractivity contribution in [2.45, 2.75) is 18.8 Å². The molecule has 5 nitrogen and oxygen atoms in total. The monoisotopic (exact) mass is 275 g/mol. The number of piperidine rings is 1. The molecule has 1 aromatic heterocycles. The maximum atomic E-state index is 12.9. The van der Waals surface area contributed by atoms with Gasteiger partial charge in [0, 0.05) is 24.6 Å². The Morgan fingerprint density at radius 3 is 2.55 bits per heavy atom. The van der Waals surface area contributed by atoms with Gasteiger partial charge in [0.05, 0.1) is 0 Å². The van der Waals surface area contributed by atoms with E-state index in [-0.39, 0.29) is 11.7 Å². The third kappa shape index (κ3) is 2.54. The zero-order chi connectivity index (χ0) is 13.9. The van der Waals surface area contributed by atoms with Gasteiger partial charge in [0.1, 0.15) is 5.82 Å². The molecule has 0 aliphatic carbocycles. The van der Waals surface area contributed by atoms with Crippen molar-refractivity contribution in [3.8, 4) is 11.5 Å². The van der Waals surface area contributed by atoms with Crippen molar-refractivity contribution in [3.63, 3.8) is 0 Å². The average Bonchev–Trinajstić information content (AvgIpc) is 2.98. The molecule has 0 spiro atoms. The minimum absolute atomic E-state index is 0.188. The zero-order valence-electron chi connectivity index (χ0n) is 10.8. The molecule has 0 radical (unpaired) electrons. The Morgan fingerprint density at radius 1 is 1.20 bits per heavy atom. The van der Waals surface area contributed by atoms with Crippen LogP contribution in [0, 0.1) is 5.82 Å².